The van der Waals surface area contributed by atoms with Crippen LogP contribution in [0.3, 0.4) is 0 Å². The molecule has 0 aromatic carbocycles. The van der Waals surface area contributed by atoms with E-state index in [-0.39, 0.29) is 6.04 Å². The third-order valence-electron chi connectivity index (χ3n) is 1.99. The maximum Gasteiger partial charge on any atom is 0.0848 e. The SMILES string of the molecule is Cn1ncc(Cl)c1C(N)c1cncs1. The molecule has 0 saturated heterocycles. The summed E-state index contributed by atoms with van der Waals surface area (Å²) in [5, 5.41) is 4.63. The first-order valence-electron chi connectivity index (χ1n) is 4.01. The molecule has 6 heteroatoms. The van der Waals surface area contributed by atoms with Crippen LogP contribution in [0.15, 0.2) is 17.9 Å². The van der Waals surface area contributed by atoms with Gasteiger partial charge in [0.05, 0.1) is 28.5 Å². The third kappa shape index (κ3) is 1.54. The summed E-state index contributed by atoms with van der Waals surface area (Å²) in [6, 6.07) is -0.248. The second-order valence-electron chi connectivity index (χ2n) is 2.88. The summed E-state index contributed by atoms with van der Waals surface area (Å²) in [5.41, 5.74) is 8.60. The Morgan fingerprint density at radius 1 is 1.57 bits per heavy atom. The van der Waals surface area contributed by atoms with Gasteiger partial charge < -0.3 is 5.73 Å². The fourth-order valence-electron chi connectivity index (χ4n) is 1.28. The molecule has 1 atom stereocenters. The minimum absolute atomic E-state index is 0.248. The van der Waals surface area contributed by atoms with Crippen LogP contribution in [0, 0.1) is 0 Å². The summed E-state index contributed by atoms with van der Waals surface area (Å²) >= 11 is 7.49. The number of hydrogen-bond donors (Lipinski definition) is 1. The van der Waals surface area contributed by atoms with E-state index in [0.717, 1.165) is 10.6 Å². The molecule has 2 rings (SSSR count). The maximum atomic E-state index is 6.03. The molecule has 0 bridgehead atoms. The van der Waals surface area contributed by atoms with Gasteiger partial charge in [-0.25, -0.2) is 0 Å². The van der Waals surface area contributed by atoms with E-state index in [2.05, 4.69) is 10.1 Å². The predicted molar refractivity (Wildman–Crippen MR) is 56.4 cm³/mol. The molecule has 0 aliphatic carbocycles. The van der Waals surface area contributed by atoms with Crippen LogP contribution in [0.4, 0.5) is 0 Å². The first-order chi connectivity index (χ1) is 6.70. The van der Waals surface area contributed by atoms with Gasteiger partial charge in [0.1, 0.15) is 0 Å². The minimum Gasteiger partial charge on any atom is -0.318 e. The Morgan fingerprint density at radius 2 is 2.36 bits per heavy atom. The lowest BCUT2D eigenvalue weighted by Crippen LogP contribution is -2.15. The Morgan fingerprint density at radius 3 is 2.86 bits per heavy atom. The largest absolute Gasteiger partial charge is 0.318 e. The average Bonchev–Trinajstić information content (AvgIpc) is 2.75. The topological polar surface area (TPSA) is 56.7 Å². The van der Waals surface area contributed by atoms with Gasteiger partial charge in [0.15, 0.2) is 0 Å². The van der Waals surface area contributed by atoms with Gasteiger partial charge in [0.2, 0.25) is 0 Å². The van der Waals surface area contributed by atoms with E-state index >= 15 is 0 Å². The van der Waals surface area contributed by atoms with Crippen LogP contribution in [0.5, 0.6) is 0 Å². The highest BCUT2D eigenvalue weighted by Gasteiger charge is 2.17. The Labute approximate surface area is 90.3 Å². The number of thiazole rings is 1. The number of aromatic nitrogens is 3. The fourth-order valence-corrected chi connectivity index (χ4v) is 2.19. The number of aryl methyl sites for hydroxylation is 1. The summed E-state index contributed by atoms with van der Waals surface area (Å²) in [7, 11) is 1.82. The van der Waals surface area contributed by atoms with Crippen molar-refractivity contribution in [2.45, 2.75) is 6.04 Å². The molecule has 0 aliphatic rings. The second kappa shape index (κ2) is 3.68. The fraction of sp³-hybridized carbons (Fsp3) is 0.250. The van der Waals surface area contributed by atoms with Crippen LogP contribution in [0.1, 0.15) is 16.6 Å². The van der Waals surface area contributed by atoms with Gasteiger partial charge in [-0.3, -0.25) is 9.67 Å². The van der Waals surface area contributed by atoms with E-state index in [0.29, 0.717) is 5.02 Å². The number of halogens is 1. The Balaban J connectivity index is 2.41. The standard InChI is InChI=1S/C8H9ClN4S/c1-13-8(5(9)2-12-13)7(10)6-3-11-4-14-6/h2-4,7H,10H2,1H3. The lowest BCUT2D eigenvalue weighted by Gasteiger charge is -2.09. The van der Waals surface area contributed by atoms with E-state index in [4.69, 9.17) is 17.3 Å². The molecular formula is C8H9ClN4S. The Kier molecular flexibility index (Phi) is 2.54. The van der Waals surface area contributed by atoms with Crippen LogP contribution in [-0.4, -0.2) is 14.8 Å². The molecular weight excluding hydrogens is 220 g/mol. The van der Waals surface area contributed by atoms with Gasteiger partial charge in [0.25, 0.3) is 0 Å². The summed E-state index contributed by atoms with van der Waals surface area (Å²) < 4.78 is 1.69. The molecule has 0 spiro atoms. The molecule has 0 saturated carbocycles. The smallest absolute Gasteiger partial charge is 0.0848 e. The summed E-state index contributed by atoms with van der Waals surface area (Å²) in [6.07, 6.45) is 3.34. The molecule has 2 aromatic rings. The van der Waals surface area contributed by atoms with Gasteiger partial charge in [-0.15, -0.1) is 11.3 Å². The van der Waals surface area contributed by atoms with Crippen molar-refractivity contribution in [3.63, 3.8) is 0 Å². The van der Waals surface area contributed by atoms with Crippen molar-refractivity contribution in [1.29, 1.82) is 0 Å². The van der Waals surface area contributed by atoms with Crippen LogP contribution >= 0.6 is 22.9 Å². The molecule has 2 N–H and O–H groups in total. The number of nitrogens with zero attached hydrogens (tertiary/aromatic N) is 3. The lowest BCUT2D eigenvalue weighted by molar-refractivity contribution is 0.677. The van der Waals surface area contributed by atoms with E-state index in [9.17, 15) is 0 Å². The van der Waals surface area contributed by atoms with Crippen molar-refractivity contribution in [2.24, 2.45) is 12.8 Å². The number of nitrogens with two attached hydrogens (primary N) is 1. The van der Waals surface area contributed by atoms with Crippen molar-refractivity contribution in [1.82, 2.24) is 14.8 Å². The molecule has 0 amide bonds. The lowest BCUT2D eigenvalue weighted by atomic mass is 10.2. The van der Waals surface area contributed by atoms with Crippen LogP contribution in [0.25, 0.3) is 0 Å². The quantitative estimate of drug-likeness (QED) is 0.849. The van der Waals surface area contributed by atoms with Crippen molar-refractivity contribution >= 4 is 22.9 Å². The Bertz CT molecular complexity index is 403. The van der Waals surface area contributed by atoms with Gasteiger partial charge in [-0.05, 0) is 0 Å². The molecule has 2 heterocycles. The van der Waals surface area contributed by atoms with Crippen LogP contribution < -0.4 is 5.73 Å². The van der Waals surface area contributed by atoms with Gasteiger partial charge in [-0.1, -0.05) is 11.6 Å². The summed E-state index contributed by atoms with van der Waals surface area (Å²) in [5.74, 6) is 0. The molecule has 74 valence electrons. The second-order valence-corrected chi connectivity index (χ2v) is 4.21. The normalized spacial score (nSPS) is 13.1. The van der Waals surface area contributed by atoms with Gasteiger partial charge in [-0.2, -0.15) is 5.10 Å². The van der Waals surface area contributed by atoms with E-state index in [1.165, 1.54) is 11.3 Å². The zero-order valence-corrected chi connectivity index (χ0v) is 9.09. The molecule has 14 heavy (non-hydrogen) atoms. The van der Waals surface area contributed by atoms with Crippen molar-refractivity contribution in [2.75, 3.05) is 0 Å². The highest BCUT2D eigenvalue weighted by atomic mass is 35.5. The monoisotopic (exact) mass is 228 g/mol. The van der Waals surface area contributed by atoms with Crippen LogP contribution in [-0.2, 0) is 7.05 Å². The zero-order valence-electron chi connectivity index (χ0n) is 7.51. The van der Waals surface area contributed by atoms with Crippen molar-refractivity contribution in [3.8, 4) is 0 Å². The molecule has 0 radical (unpaired) electrons. The van der Waals surface area contributed by atoms with Crippen molar-refractivity contribution < 1.29 is 0 Å². The maximum absolute atomic E-state index is 6.03. The molecule has 1 unspecified atom stereocenters. The molecule has 4 nitrogen and oxygen atoms in total. The average molecular weight is 229 g/mol. The van der Waals surface area contributed by atoms with E-state index in [1.54, 1.807) is 22.6 Å². The number of rotatable bonds is 2. The van der Waals surface area contributed by atoms with Crippen molar-refractivity contribution in [3.05, 3.63) is 33.5 Å². The first kappa shape index (κ1) is 9.64. The highest BCUT2D eigenvalue weighted by Crippen LogP contribution is 2.27. The van der Waals surface area contributed by atoms with Gasteiger partial charge >= 0.3 is 0 Å². The zero-order chi connectivity index (χ0) is 10.1. The first-order valence-corrected chi connectivity index (χ1v) is 5.27. The van der Waals surface area contributed by atoms with Gasteiger partial charge in [0, 0.05) is 18.1 Å². The minimum atomic E-state index is -0.248. The summed E-state index contributed by atoms with van der Waals surface area (Å²) in [4.78, 5) is 4.96. The Hall–Kier alpha value is -0.910. The highest BCUT2D eigenvalue weighted by molar-refractivity contribution is 7.09. The predicted octanol–water partition coefficient (Wildman–Crippen LogP) is 1.58. The van der Waals surface area contributed by atoms with Crippen LogP contribution in [0.2, 0.25) is 5.02 Å². The molecule has 0 aliphatic heterocycles. The molecule has 0 fully saturated rings. The summed E-state index contributed by atoms with van der Waals surface area (Å²) in [6.45, 7) is 0. The number of hydrogen-bond acceptors (Lipinski definition) is 4. The third-order valence-corrected chi connectivity index (χ3v) is 3.14. The van der Waals surface area contributed by atoms with E-state index < -0.39 is 0 Å². The molecule has 2 aromatic heterocycles. The van der Waals surface area contributed by atoms with E-state index in [1.807, 2.05) is 7.05 Å².